The van der Waals surface area contributed by atoms with Crippen LogP contribution >= 0.6 is 15.9 Å². The van der Waals surface area contributed by atoms with Crippen molar-refractivity contribution in [2.75, 3.05) is 6.54 Å². The van der Waals surface area contributed by atoms with Crippen LogP contribution in [0.3, 0.4) is 0 Å². The summed E-state index contributed by atoms with van der Waals surface area (Å²) in [4.78, 5) is 0. The van der Waals surface area contributed by atoms with Crippen molar-refractivity contribution >= 4 is 26.7 Å². The monoisotopic (exact) mass is 347 g/mol. The first kappa shape index (κ1) is 14.9. The van der Waals surface area contributed by atoms with Crippen molar-refractivity contribution in [3.8, 4) is 5.75 Å². The van der Waals surface area contributed by atoms with Crippen LogP contribution in [0.15, 0.2) is 40.9 Å². The second kappa shape index (κ2) is 5.62. The minimum atomic E-state index is 0.185. The quantitative estimate of drug-likeness (QED) is 0.860. The fourth-order valence-electron chi connectivity index (χ4n) is 3.11. The third-order valence-corrected chi connectivity index (χ3v) is 5.17. The maximum Gasteiger partial charge on any atom is 0.120 e. The number of ether oxygens (including phenoxy) is 1. The first-order valence-corrected chi connectivity index (χ1v) is 8.39. The van der Waals surface area contributed by atoms with Crippen molar-refractivity contribution in [1.82, 2.24) is 5.32 Å². The Balaban J connectivity index is 1.76. The molecule has 0 spiro atoms. The number of hydrogen-bond donors (Lipinski definition) is 1. The summed E-state index contributed by atoms with van der Waals surface area (Å²) in [5.41, 5.74) is 0.185. The summed E-state index contributed by atoms with van der Waals surface area (Å²) in [6, 6.07) is 13.2. The Bertz CT molecular complexity index is 653. The van der Waals surface area contributed by atoms with Gasteiger partial charge < -0.3 is 10.1 Å². The standard InChI is InChI=1S/C18H22BrNO/c1-4-20-16-11-17(18(16,2)3)21-15-8-6-12-9-14(19)7-5-13(12)10-15/h5-10,16-17,20H,4,11H2,1-3H3. The largest absolute Gasteiger partial charge is 0.490 e. The Morgan fingerprint density at radius 1 is 1.19 bits per heavy atom. The van der Waals surface area contributed by atoms with Gasteiger partial charge in [-0.15, -0.1) is 0 Å². The molecule has 1 aliphatic rings. The minimum Gasteiger partial charge on any atom is -0.490 e. The molecule has 3 rings (SSSR count). The van der Waals surface area contributed by atoms with E-state index in [9.17, 15) is 0 Å². The van der Waals surface area contributed by atoms with Gasteiger partial charge in [0.05, 0.1) is 0 Å². The highest BCUT2D eigenvalue weighted by Gasteiger charge is 2.49. The van der Waals surface area contributed by atoms with Gasteiger partial charge in [-0.3, -0.25) is 0 Å². The molecule has 2 atom stereocenters. The fourth-order valence-corrected chi connectivity index (χ4v) is 3.49. The van der Waals surface area contributed by atoms with Gasteiger partial charge in [-0.05, 0) is 41.6 Å². The molecule has 1 saturated carbocycles. The highest BCUT2D eigenvalue weighted by Crippen LogP contribution is 2.43. The van der Waals surface area contributed by atoms with E-state index in [-0.39, 0.29) is 11.5 Å². The van der Waals surface area contributed by atoms with Crippen molar-refractivity contribution < 1.29 is 4.74 Å². The van der Waals surface area contributed by atoms with Gasteiger partial charge in [-0.25, -0.2) is 0 Å². The molecule has 2 aromatic carbocycles. The van der Waals surface area contributed by atoms with E-state index in [0.717, 1.165) is 23.2 Å². The fraction of sp³-hybridized carbons (Fsp3) is 0.444. The molecule has 0 bridgehead atoms. The van der Waals surface area contributed by atoms with Crippen molar-refractivity contribution in [2.45, 2.75) is 39.3 Å². The van der Waals surface area contributed by atoms with Crippen LogP contribution in [0.5, 0.6) is 5.75 Å². The Morgan fingerprint density at radius 3 is 2.62 bits per heavy atom. The lowest BCUT2D eigenvalue weighted by Crippen LogP contribution is -2.62. The number of benzene rings is 2. The van der Waals surface area contributed by atoms with Gasteiger partial charge in [0.15, 0.2) is 0 Å². The maximum absolute atomic E-state index is 6.23. The normalized spacial score (nSPS) is 23.8. The number of hydrogen-bond acceptors (Lipinski definition) is 2. The Kier molecular flexibility index (Phi) is 3.98. The second-order valence-corrected chi connectivity index (χ2v) is 7.34. The lowest BCUT2D eigenvalue weighted by Gasteiger charge is -2.51. The van der Waals surface area contributed by atoms with Crippen LogP contribution in [-0.4, -0.2) is 18.7 Å². The molecular formula is C18H22BrNO. The summed E-state index contributed by atoms with van der Waals surface area (Å²) in [5, 5.41) is 5.99. The highest BCUT2D eigenvalue weighted by molar-refractivity contribution is 9.10. The first-order valence-electron chi connectivity index (χ1n) is 7.60. The minimum absolute atomic E-state index is 0.185. The van der Waals surface area contributed by atoms with Gasteiger partial charge in [-0.1, -0.05) is 48.8 Å². The van der Waals surface area contributed by atoms with Crippen LogP contribution in [0.4, 0.5) is 0 Å². The predicted molar refractivity (Wildman–Crippen MR) is 91.9 cm³/mol. The Hall–Kier alpha value is -1.06. The molecule has 0 heterocycles. The molecule has 0 amide bonds. The summed E-state index contributed by atoms with van der Waals surface area (Å²) in [7, 11) is 0. The molecule has 3 heteroatoms. The van der Waals surface area contributed by atoms with Crippen LogP contribution in [0.2, 0.25) is 0 Å². The molecule has 1 aliphatic carbocycles. The van der Waals surface area contributed by atoms with Crippen molar-refractivity contribution in [2.24, 2.45) is 5.41 Å². The van der Waals surface area contributed by atoms with Gasteiger partial charge in [-0.2, -0.15) is 0 Å². The van der Waals surface area contributed by atoms with E-state index in [4.69, 9.17) is 4.74 Å². The molecular weight excluding hydrogens is 326 g/mol. The highest BCUT2D eigenvalue weighted by atomic mass is 79.9. The SMILES string of the molecule is CCNC1CC(Oc2ccc3cc(Br)ccc3c2)C1(C)C. The molecule has 0 radical (unpaired) electrons. The van der Waals surface area contributed by atoms with Gasteiger partial charge in [0.2, 0.25) is 0 Å². The number of halogens is 1. The van der Waals surface area contributed by atoms with Crippen LogP contribution < -0.4 is 10.1 Å². The molecule has 21 heavy (non-hydrogen) atoms. The van der Waals surface area contributed by atoms with E-state index < -0.39 is 0 Å². The molecule has 112 valence electrons. The van der Waals surface area contributed by atoms with Crippen LogP contribution in [0.1, 0.15) is 27.2 Å². The van der Waals surface area contributed by atoms with Gasteiger partial charge in [0.1, 0.15) is 11.9 Å². The van der Waals surface area contributed by atoms with E-state index in [0.29, 0.717) is 6.04 Å². The molecule has 0 saturated heterocycles. The maximum atomic E-state index is 6.23. The number of rotatable bonds is 4. The predicted octanol–water partition coefficient (Wildman–Crippen LogP) is 4.76. The van der Waals surface area contributed by atoms with Crippen LogP contribution in [0.25, 0.3) is 10.8 Å². The molecule has 0 aromatic heterocycles. The third kappa shape index (κ3) is 2.82. The third-order valence-electron chi connectivity index (χ3n) is 4.68. The van der Waals surface area contributed by atoms with E-state index in [1.54, 1.807) is 0 Å². The van der Waals surface area contributed by atoms with Gasteiger partial charge >= 0.3 is 0 Å². The summed E-state index contributed by atoms with van der Waals surface area (Å²) in [6.07, 6.45) is 1.37. The van der Waals surface area contributed by atoms with E-state index in [2.05, 4.69) is 78.4 Å². The topological polar surface area (TPSA) is 21.3 Å². The average Bonchev–Trinajstić information content (AvgIpc) is 2.46. The summed E-state index contributed by atoms with van der Waals surface area (Å²) >= 11 is 3.51. The summed E-state index contributed by atoms with van der Waals surface area (Å²) < 4.78 is 7.34. The molecule has 0 aliphatic heterocycles. The summed E-state index contributed by atoms with van der Waals surface area (Å²) in [5.74, 6) is 0.970. The van der Waals surface area contributed by atoms with E-state index in [1.165, 1.54) is 10.8 Å². The first-order chi connectivity index (χ1) is 10.0. The zero-order valence-electron chi connectivity index (χ0n) is 12.8. The van der Waals surface area contributed by atoms with Crippen molar-refractivity contribution in [1.29, 1.82) is 0 Å². The zero-order valence-corrected chi connectivity index (χ0v) is 14.4. The molecule has 1 fully saturated rings. The van der Waals surface area contributed by atoms with Gasteiger partial charge in [0, 0.05) is 22.4 Å². The average molecular weight is 348 g/mol. The molecule has 2 nitrogen and oxygen atoms in total. The number of fused-ring (bicyclic) bond motifs is 1. The van der Waals surface area contributed by atoms with Crippen LogP contribution in [-0.2, 0) is 0 Å². The van der Waals surface area contributed by atoms with E-state index in [1.807, 2.05) is 0 Å². The van der Waals surface area contributed by atoms with Crippen molar-refractivity contribution in [3.05, 3.63) is 40.9 Å². The lowest BCUT2D eigenvalue weighted by atomic mass is 9.64. The molecule has 2 aromatic rings. The molecule has 1 N–H and O–H groups in total. The lowest BCUT2D eigenvalue weighted by molar-refractivity contribution is -0.0540. The second-order valence-electron chi connectivity index (χ2n) is 6.43. The Labute approximate surface area is 135 Å². The molecule has 2 unspecified atom stereocenters. The zero-order chi connectivity index (χ0) is 15.0. The Morgan fingerprint density at radius 2 is 1.90 bits per heavy atom. The number of nitrogens with one attached hydrogen (secondary N) is 1. The van der Waals surface area contributed by atoms with Crippen molar-refractivity contribution in [3.63, 3.8) is 0 Å². The summed E-state index contributed by atoms with van der Waals surface area (Å²) in [6.45, 7) is 7.75. The van der Waals surface area contributed by atoms with E-state index >= 15 is 0 Å². The van der Waals surface area contributed by atoms with Gasteiger partial charge in [0.25, 0.3) is 0 Å². The smallest absolute Gasteiger partial charge is 0.120 e. The van der Waals surface area contributed by atoms with Crippen LogP contribution in [0, 0.1) is 5.41 Å².